The molecule has 1 N–H and O–H groups in total. The Hall–Kier alpha value is -2.22. The molecule has 0 aliphatic carbocycles. The maximum Gasteiger partial charge on any atom is 0.222 e. The van der Waals surface area contributed by atoms with Gasteiger partial charge in [-0.25, -0.2) is 9.97 Å². The van der Waals surface area contributed by atoms with Crippen LogP contribution >= 0.6 is 0 Å². The van der Waals surface area contributed by atoms with Gasteiger partial charge in [0.2, 0.25) is 5.91 Å². The van der Waals surface area contributed by atoms with E-state index in [4.69, 9.17) is 0 Å². The summed E-state index contributed by atoms with van der Waals surface area (Å²) in [5.74, 6) is 1.93. The summed E-state index contributed by atoms with van der Waals surface area (Å²) in [5, 5.41) is 8.64. The number of nitrogens with one attached hydrogen (secondary N) is 1. The number of anilines is 1. The Morgan fingerprint density at radius 1 is 1.19 bits per heavy atom. The molecule has 0 bridgehead atoms. The van der Waals surface area contributed by atoms with Gasteiger partial charge in [0.1, 0.15) is 12.1 Å². The molecule has 8 heteroatoms. The molecule has 0 unspecified atom stereocenters. The van der Waals surface area contributed by atoms with Crippen molar-refractivity contribution in [2.45, 2.75) is 25.7 Å². The molecule has 140 valence electrons. The average Bonchev–Trinajstić information content (AvgIpc) is 3.08. The molecule has 0 aromatic carbocycles. The summed E-state index contributed by atoms with van der Waals surface area (Å²) in [4.78, 5) is 25.6. The number of hydrogen-bond donors (Lipinski definition) is 1. The van der Waals surface area contributed by atoms with Crippen LogP contribution in [0.25, 0.3) is 11.0 Å². The molecule has 0 radical (unpaired) electrons. The lowest BCUT2D eigenvalue weighted by Gasteiger charge is -2.36. The van der Waals surface area contributed by atoms with Crippen LogP contribution in [0.3, 0.4) is 0 Å². The van der Waals surface area contributed by atoms with Crippen LogP contribution in [0.15, 0.2) is 12.5 Å². The summed E-state index contributed by atoms with van der Waals surface area (Å²) in [6.07, 6.45) is 7.54. The van der Waals surface area contributed by atoms with Crippen molar-refractivity contribution in [3.8, 4) is 0 Å². The summed E-state index contributed by atoms with van der Waals surface area (Å²) >= 11 is 0. The lowest BCUT2D eigenvalue weighted by atomic mass is 9.93. The van der Waals surface area contributed by atoms with E-state index in [1.807, 2.05) is 18.1 Å². The largest absolute Gasteiger partial charge is 0.352 e. The fourth-order valence-corrected chi connectivity index (χ4v) is 4.03. The van der Waals surface area contributed by atoms with Gasteiger partial charge in [0, 0.05) is 39.6 Å². The van der Waals surface area contributed by atoms with Gasteiger partial charge in [-0.3, -0.25) is 9.48 Å². The Labute approximate surface area is 153 Å². The van der Waals surface area contributed by atoms with E-state index >= 15 is 0 Å². The van der Waals surface area contributed by atoms with E-state index in [0.717, 1.165) is 62.5 Å². The zero-order valence-electron chi connectivity index (χ0n) is 15.4. The number of hydrogen-bond acceptors (Lipinski definition) is 6. The first-order valence-corrected chi connectivity index (χ1v) is 9.58. The molecule has 8 nitrogen and oxygen atoms in total. The molecule has 2 aromatic heterocycles. The maximum absolute atomic E-state index is 12.6. The summed E-state index contributed by atoms with van der Waals surface area (Å²) in [7, 11) is 1.89. The van der Waals surface area contributed by atoms with E-state index in [9.17, 15) is 4.79 Å². The molecule has 0 saturated carbocycles. The molecule has 1 amide bonds. The molecule has 2 aliphatic heterocycles. The fraction of sp³-hybridized carbons (Fsp3) is 0.667. The minimum atomic E-state index is 0.303. The summed E-state index contributed by atoms with van der Waals surface area (Å²) in [5.41, 5.74) is 0.843. The van der Waals surface area contributed by atoms with E-state index in [2.05, 4.69) is 25.3 Å². The van der Waals surface area contributed by atoms with Crippen LogP contribution in [0.5, 0.6) is 0 Å². The van der Waals surface area contributed by atoms with E-state index in [1.165, 1.54) is 12.8 Å². The Morgan fingerprint density at radius 3 is 2.73 bits per heavy atom. The number of rotatable bonds is 4. The van der Waals surface area contributed by atoms with Crippen LogP contribution in [0, 0.1) is 5.92 Å². The smallest absolute Gasteiger partial charge is 0.222 e. The molecule has 4 rings (SSSR count). The van der Waals surface area contributed by atoms with Crippen molar-refractivity contribution in [1.82, 2.24) is 30.0 Å². The lowest BCUT2D eigenvalue weighted by molar-refractivity contribution is -0.131. The quantitative estimate of drug-likeness (QED) is 0.872. The highest BCUT2D eigenvalue weighted by atomic mass is 16.2. The van der Waals surface area contributed by atoms with Gasteiger partial charge in [0.25, 0.3) is 0 Å². The van der Waals surface area contributed by atoms with Gasteiger partial charge in [0.15, 0.2) is 5.65 Å². The van der Waals surface area contributed by atoms with E-state index in [0.29, 0.717) is 18.2 Å². The minimum Gasteiger partial charge on any atom is -0.352 e. The molecule has 2 aromatic rings. The van der Waals surface area contributed by atoms with Gasteiger partial charge in [-0.05, 0) is 38.3 Å². The zero-order valence-corrected chi connectivity index (χ0v) is 15.4. The van der Waals surface area contributed by atoms with Crippen molar-refractivity contribution in [3.05, 3.63) is 12.5 Å². The predicted octanol–water partition coefficient (Wildman–Crippen LogP) is 0.792. The maximum atomic E-state index is 12.6. The third-order valence-corrected chi connectivity index (χ3v) is 5.67. The van der Waals surface area contributed by atoms with Gasteiger partial charge in [-0.2, -0.15) is 5.10 Å². The molecule has 0 atom stereocenters. The Morgan fingerprint density at radius 2 is 1.96 bits per heavy atom. The Bertz CT molecular complexity index is 760. The van der Waals surface area contributed by atoms with Crippen LogP contribution < -0.4 is 10.2 Å². The highest BCUT2D eigenvalue weighted by molar-refractivity contribution is 5.86. The number of carbonyl (C=O) groups is 1. The SMILES string of the molecule is Cn1ncc2c(N3CCN(C(=O)CCC4CCNCC4)CC3)ncnc21. The van der Waals surface area contributed by atoms with Gasteiger partial charge in [-0.15, -0.1) is 0 Å². The second-order valence-electron chi connectivity index (χ2n) is 7.30. The van der Waals surface area contributed by atoms with Crippen LogP contribution in [-0.2, 0) is 11.8 Å². The number of piperidine rings is 1. The Kier molecular flexibility index (Phi) is 5.01. The number of amides is 1. The van der Waals surface area contributed by atoms with Crippen LogP contribution in [0.1, 0.15) is 25.7 Å². The highest BCUT2D eigenvalue weighted by Gasteiger charge is 2.24. The van der Waals surface area contributed by atoms with Crippen molar-refractivity contribution in [2.24, 2.45) is 13.0 Å². The number of nitrogens with zero attached hydrogens (tertiary/aromatic N) is 6. The first-order chi connectivity index (χ1) is 12.7. The molecular formula is C18H27N7O. The van der Waals surface area contributed by atoms with Gasteiger partial charge < -0.3 is 15.1 Å². The fourth-order valence-electron chi connectivity index (χ4n) is 4.03. The zero-order chi connectivity index (χ0) is 17.9. The standard InChI is InChI=1S/C18H27N7O/c1-23-17-15(12-22-23)18(21-13-20-17)25-10-8-24(9-11-25)16(26)3-2-14-4-6-19-7-5-14/h12-14,19H,2-11H2,1H3. The summed E-state index contributed by atoms with van der Waals surface area (Å²) in [6.45, 7) is 5.33. The molecule has 2 aliphatic rings. The summed E-state index contributed by atoms with van der Waals surface area (Å²) in [6, 6.07) is 0. The molecule has 0 spiro atoms. The highest BCUT2D eigenvalue weighted by Crippen LogP contribution is 2.24. The van der Waals surface area contributed by atoms with Crippen LogP contribution in [0.2, 0.25) is 0 Å². The molecule has 4 heterocycles. The third kappa shape index (κ3) is 3.51. The first kappa shape index (κ1) is 17.2. The van der Waals surface area contributed by atoms with Gasteiger partial charge >= 0.3 is 0 Å². The molecule has 2 fully saturated rings. The van der Waals surface area contributed by atoms with Gasteiger partial charge in [-0.1, -0.05) is 0 Å². The predicted molar refractivity (Wildman–Crippen MR) is 99.9 cm³/mol. The van der Waals surface area contributed by atoms with Crippen molar-refractivity contribution in [3.63, 3.8) is 0 Å². The number of carbonyl (C=O) groups excluding carboxylic acids is 1. The Balaban J connectivity index is 1.32. The molecule has 26 heavy (non-hydrogen) atoms. The molecular weight excluding hydrogens is 330 g/mol. The summed E-state index contributed by atoms with van der Waals surface area (Å²) < 4.78 is 1.76. The van der Waals surface area contributed by atoms with Crippen molar-refractivity contribution < 1.29 is 4.79 Å². The van der Waals surface area contributed by atoms with Gasteiger partial charge in [0.05, 0.1) is 11.6 Å². The van der Waals surface area contributed by atoms with Crippen molar-refractivity contribution in [1.29, 1.82) is 0 Å². The minimum absolute atomic E-state index is 0.303. The number of aryl methyl sites for hydroxylation is 1. The first-order valence-electron chi connectivity index (χ1n) is 9.58. The second-order valence-corrected chi connectivity index (χ2v) is 7.30. The van der Waals surface area contributed by atoms with Crippen molar-refractivity contribution >= 4 is 22.8 Å². The van der Waals surface area contributed by atoms with E-state index in [-0.39, 0.29) is 0 Å². The van der Waals surface area contributed by atoms with Crippen LogP contribution in [-0.4, -0.2) is 69.8 Å². The number of aromatic nitrogens is 4. The van der Waals surface area contributed by atoms with Crippen molar-refractivity contribution in [2.75, 3.05) is 44.2 Å². The number of piperazine rings is 1. The molecule has 2 saturated heterocycles. The normalized spacial score (nSPS) is 19.3. The second kappa shape index (κ2) is 7.57. The van der Waals surface area contributed by atoms with E-state index < -0.39 is 0 Å². The monoisotopic (exact) mass is 357 g/mol. The van der Waals surface area contributed by atoms with Crippen LogP contribution in [0.4, 0.5) is 5.82 Å². The third-order valence-electron chi connectivity index (χ3n) is 5.67. The number of fused-ring (bicyclic) bond motifs is 1. The lowest BCUT2D eigenvalue weighted by Crippen LogP contribution is -2.49. The average molecular weight is 357 g/mol. The topological polar surface area (TPSA) is 79.2 Å². The van der Waals surface area contributed by atoms with E-state index in [1.54, 1.807) is 11.0 Å².